The average Bonchev–Trinajstić information content (AvgIpc) is 2.30. The van der Waals surface area contributed by atoms with E-state index in [0.717, 1.165) is 16.7 Å². The fourth-order valence-corrected chi connectivity index (χ4v) is 1.75. The van der Waals surface area contributed by atoms with Crippen LogP contribution in [-0.2, 0) is 0 Å². The molecule has 0 bridgehead atoms. The van der Waals surface area contributed by atoms with Crippen molar-refractivity contribution in [3.8, 4) is 11.1 Å². The van der Waals surface area contributed by atoms with Gasteiger partial charge in [0, 0.05) is 0 Å². The van der Waals surface area contributed by atoms with Crippen molar-refractivity contribution in [1.29, 1.82) is 0 Å². The Hall–Kier alpha value is -1.67. The van der Waals surface area contributed by atoms with Crippen molar-refractivity contribution >= 4 is 0 Å². The molecule has 0 saturated carbocycles. The largest absolute Gasteiger partial charge is 0.389 e. The smallest absolute Gasteiger partial charge is 0.123 e. The molecule has 0 aliphatic rings. The Morgan fingerprint density at radius 3 is 2.25 bits per heavy atom. The molecular weight excluding hydrogens is 203 g/mol. The molecule has 2 aromatic carbocycles. The molecule has 1 nitrogen and oxygen atoms in total. The van der Waals surface area contributed by atoms with Crippen molar-refractivity contribution in [2.45, 2.75) is 13.0 Å². The summed E-state index contributed by atoms with van der Waals surface area (Å²) in [6.45, 7) is 1.72. The Morgan fingerprint density at radius 1 is 1.00 bits per heavy atom. The minimum Gasteiger partial charge on any atom is -0.389 e. The molecule has 0 fully saturated rings. The molecule has 0 saturated heterocycles. The van der Waals surface area contributed by atoms with Gasteiger partial charge in [-0.1, -0.05) is 36.4 Å². The number of aliphatic hydroxyl groups excluding tert-OH is 1. The van der Waals surface area contributed by atoms with Gasteiger partial charge in [0.1, 0.15) is 5.82 Å². The molecule has 82 valence electrons. The van der Waals surface area contributed by atoms with E-state index in [-0.39, 0.29) is 5.82 Å². The molecule has 0 spiro atoms. The molecule has 0 unspecified atom stereocenters. The second kappa shape index (κ2) is 4.45. The van der Waals surface area contributed by atoms with Crippen molar-refractivity contribution < 1.29 is 9.50 Å². The summed E-state index contributed by atoms with van der Waals surface area (Å²) in [6.07, 6.45) is -0.527. The molecule has 2 rings (SSSR count). The van der Waals surface area contributed by atoms with Crippen LogP contribution in [0.1, 0.15) is 18.6 Å². The fraction of sp³-hybridized carbons (Fsp3) is 0.143. The number of halogens is 1. The molecule has 2 heteroatoms. The zero-order valence-electron chi connectivity index (χ0n) is 9.02. The number of hydrogen-bond acceptors (Lipinski definition) is 1. The van der Waals surface area contributed by atoms with Crippen molar-refractivity contribution in [3.05, 3.63) is 59.9 Å². The maximum Gasteiger partial charge on any atom is 0.123 e. The molecule has 0 radical (unpaired) electrons. The molecule has 0 aromatic heterocycles. The molecule has 16 heavy (non-hydrogen) atoms. The van der Waals surface area contributed by atoms with Crippen LogP contribution < -0.4 is 0 Å². The van der Waals surface area contributed by atoms with Gasteiger partial charge in [-0.15, -0.1) is 0 Å². The Labute approximate surface area is 94.2 Å². The quantitative estimate of drug-likeness (QED) is 0.814. The van der Waals surface area contributed by atoms with E-state index in [1.165, 1.54) is 12.1 Å². The normalized spacial score (nSPS) is 12.4. The third kappa shape index (κ3) is 2.12. The van der Waals surface area contributed by atoms with E-state index in [0.29, 0.717) is 0 Å². The zero-order chi connectivity index (χ0) is 11.5. The second-order valence-corrected chi connectivity index (χ2v) is 3.77. The van der Waals surface area contributed by atoms with Crippen LogP contribution in [0.25, 0.3) is 11.1 Å². The summed E-state index contributed by atoms with van der Waals surface area (Å²) in [4.78, 5) is 0. The summed E-state index contributed by atoms with van der Waals surface area (Å²) < 4.78 is 12.8. The summed E-state index contributed by atoms with van der Waals surface area (Å²) in [7, 11) is 0. The highest BCUT2D eigenvalue weighted by molar-refractivity contribution is 5.67. The molecule has 0 heterocycles. The zero-order valence-corrected chi connectivity index (χ0v) is 9.02. The van der Waals surface area contributed by atoms with Gasteiger partial charge in [-0.25, -0.2) is 4.39 Å². The van der Waals surface area contributed by atoms with Gasteiger partial charge < -0.3 is 5.11 Å². The van der Waals surface area contributed by atoms with Gasteiger partial charge in [-0.05, 0) is 35.7 Å². The first-order valence-corrected chi connectivity index (χ1v) is 5.21. The van der Waals surface area contributed by atoms with Crippen LogP contribution >= 0.6 is 0 Å². The van der Waals surface area contributed by atoms with Crippen LogP contribution in [0.15, 0.2) is 48.5 Å². The van der Waals surface area contributed by atoms with E-state index in [1.54, 1.807) is 19.1 Å². The third-order valence-electron chi connectivity index (χ3n) is 2.57. The number of rotatable bonds is 2. The number of benzene rings is 2. The average molecular weight is 216 g/mol. The molecule has 2 aromatic rings. The molecule has 0 amide bonds. The highest BCUT2D eigenvalue weighted by Gasteiger charge is 2.08. The summed E-state index contributed by atoms with van der Waals surface area (Å²) in [5, 5.41) is 9.65. The van der Waals surface area contributed by atoms with Gasteiger partial charge in [-0.3, -0.25) is 0 Å². The van der Waals surface area contributed by atoms with Crippen LogP contribution in [0.5, 0.6) is 0 Å². The lowest BCUT2D eigenvalue weighted by Crippen LogP contribution is -1.94. The maximum atomic E-state index is 12.8. The van der Waals surface area contributed by atoms with Crippen molar-refractivity contribution in [2.24, 2.45) is 0 Å². The molecule has 1 atom stereocenters. The second-order valence-electron chi connectivity index (χ2n) is 3.77. The van der Waals surface area contributed by atoms with E-state index >= 15 is 0 Å². The van der Waals surface area contributed by atoms with Gasteiger partial charge in [0.05, 0.1) is 6.10 Å². The lowest BCUT2D eigenvalue weighted by atomic mass is 9.97. The first-order valence-electron chi connectivity index (χ1n) is 5.21. The van der Waals surface area contributed by atoms with Crippen molar-refractivity contribution in [3.63, 3.8) is 0 Å². The Kier molecular flexibility index (Phi) is 3.02. The highest BCUT2D eigenvalue weighted by Crippen LogP contribution is 2.27. The van der Waals surface area contributed by atoms with E-state index in [2.05, 4.69) is 0 Å². The van der Waals surface area contributed by atoms with E-state index in [4.69, 9.17) is 0 Å². The Balaban J connectivity index is 2.51. The summed E-state index contributed by atoms with van der Waals surface area (Å²) in [5.74, 6) is -0.252. The lowest BCUT2D eigenvalue weighted by Gasteiger charge is -2.11. The molecule has 0 aliphatic heterocycles. The number of aliphatic hydroxyl groups is 1. The van der Waals surface area contributed by atoms with E-state index < -0.39 is 6.10 Å². The monoisotopic (exact) mass is 216 g/mol. The van der Waals surface area contributed by atoms with Crippen LogP contribution in [0.3, 0.4) is 0 Å². The standard InChI is InChI=1S/C14H13FO/c1-10(16)13-4-2-3-5-14(13)11-6-8-12(15)9-7-11/h2-10,16H,1H3/t10-/m0/s1. The van der Waals surface area contributed by atoms with Crippen molar-refractivity contribution in [2.75, 3.05) is 0 Å². The first kappa shape index (κ1) is 10.8. The molecule has 0 aliphatic carbocycles. The Morgan fingerprint density at radius 2 is 1.62 bits per heavy atom. The van der Waals surface area contributed by atoms with Gasteiger partial charge in [0.2, 0.25) is 0 Å². The molecule has 1 N–H and O–H groups in total. The lowest BCUT2D eigenvalue weighted by molar-refractivity contribution is 0.200. The van der Waals surface area contributed by atoms with E-state index in [1.807, 2.05) is 24.3 Å². The van der Waals surface area contributed by atoms with Gasteiger partial charge in [-0.2, -0.15) is 0 Å². The van der Waals surface area contributed by atoms with Crippen molar-refractivity contribution in [1.82, 2.24) is 0 Å². The highest BCUT2D eigenvalue weighted by atomic mass is 19.1. The van der Waals surface area contributed by atoms with Gasteiger partial charge in [0.15, 0.2) is 0 Å². The summed E-state index contributed by atoms with van der Waals surface area (Å²) in [5.41, 5.74) is 2.71. The third-order valence-corrected chi connectivity index (χ3v) is 2.57. The van der Waals surface area contributed by atoms with Crippen LogP contribution in [0.4, 0.5) is 4.39 Å². The fourth-order valence-electron chi connectivity index (χ4n) is 1.75. The van der Waals surface area contributed by atoms with Crippen LogP contribution in [0.2, 0.25) is 0 Å². The van der Waals surface area contributed by atoms with Crippen LogP contribution in [-0.4, -0.2) is 5.11 Å². The predicted molar refractivity (Wildman–Crippen MR) is 62.5 cm³/mol. The predicted octanol–water partition coefficient (Wildman–Crippen LogP) is 3.55. The minimum absolute atomic E-state index is 0.252. The maximum absolute atomic E-state index is 12.8. The van der Waals surface area contributed by atoms with Gasteiger partial charge >= 0.3 is 0 Å². The first-order chi connectivity index (χ1) is 7.68. The summed E-state index contributed by atoms with van der Waals surface area (Å²) >= 11 is 0. The summed E-state index contributed by atoms with van der Waals surface area (Å²) in [6, 6.07) is 13.9. The number of hydrogen-bond donors (Lipinski definition) is 1. The SMILES string of the molecule is C[C@H](O)c1ccccc1-c1ccc(F)cc1. The minimum atomic E-state index is -0.527. The van der Waals surface area contributed by atoms with Crippen LogP contribution in [0, 0.1) is 5.82 Å². The van der Waals surface area contributed by atoms with Gasteiger partial charge in [0.25, 0.3) is 0 Å². The van der Waals surface area contributed by atoms with E-state index in [9.17, 15) is 9.50 Å². The Bertz CT molecular complexity index is 474. The molecular formula is C14H13FO. The topological polar surface area (TPSA) is 20.2 Å².